The number of carbonyl (C=O) groups excluding carboxylic acids is 1. The van der Waals surface area contributed by atoms with Gasteiger partial charge in [0.05, 0.1) is 23.1 Å². The average Bonchev–Trinajstić information content (AvgIpc) is 3.13. The Hall–Kier alpha value is -3.72. The number of aromatic nitrogens is 2. The Bertz CT molecular complexity index is 1410. The Morgan fingerprint density at radius 3 is 2.81 bits per heavy atom. The maximum absolute atomic E-state index is 13.5. The first-order valence-electron chi connectivity index (χ1n) is 9.93. The first-order chi connectivity index (χ1) is 15.5. The lowest BCUT2D eigenvalue weighted by molar-refractivity contribution is 0.103. The molecule has 0 saturated heterocycles. The van der Waals surface area contributed by atoms with Gasteiger partial charge in [-0.05, 0) is 42.3 Å². The molecule has 0 atom stereocenters. The Morgan fingerprint density at radius 2 is 2.00 bits per heavy atom. The molecule has 3 heterocycles. The van der Waals surface area contributed by atoms with Crippen LogP contribution in [0, 0.1) is 12.7 Å². The molecule has 0 aliphatic carbocycles. The van der Waals surface area contributed by atoms with Gasteiger partial charge in [-0.2, -0.15) is 0 Å². The van der Waals surface area contributed by atoms with Crippen molar-refractivity contribution in [1.29, 1.82) is 0 Å². The molecule has 0 fully saturated rings. The van der Waals surface area contributed by atoms with E-state index in [1.807, 2.05) is 0 Å². The van der Waals surface area contributed by atoms with Crippen molar-refractivity contribution in [1.82, 2.24) is 9.55 Å². The third-order valence-corrected chi connectivity index (χ3v) is 6.36. The van der Waals surface area contributed by atoms with E-state index >= 15 is 0 Å². The Kier molecular flexibility index (Phi) is 5.10. The Balaban J connectivity index is 1.44. The smallest absolute Gasteiger partial charge is 0.266 e. The molecule has 2 aromatic heterocycles. The number of rotatable bonds is 4. The van der Waals surface area contributed by atoms with Crippen molar-refractivity contribution in [3.8, 4) is 11.5 Å². The number of nitrogens with zero attached hydrogens (tertiary/aromatic N) is 2. The molecule has 1 aliphatic rings. The van der Waals surface area contributed by atoms with Gasteiger partial charge in [0.25, 0.3) is 11.5 Å². The lowest BCUT2D eigenvalue weighted by atomic mass is 10.2. The zero-order chi connectivity index (χ0) is 22.2. The number of benzene rings is 2. The summed E-state index contributed by atoms with van der Waals surface area (Å²) in [6.45, 7) is 2.86. The van der Waals surface area contributed by atoms with Crippen LogP contribution in [0.1, 0.15) is 20.8 Å². The molecular formula is C23H18FN3O4S. The van der Waals surface area contributed by atoms with E-state index in [-0.39, 0.29) is 23.8 Å². The third kappa shape index (κ3) is 3.71. The van der Waals surface area contributed by atoms with Gasteiger partial charge < -0.3 is 14.8 Å². The number of carbonyl (C=O) groups is 1. The van der Waals surface area contributed by atoms with Gasteiger partial charge in [0, 0.05) is 11.8 Å². The van der Waals surface area contributed by atoms with Gasteiger partial charge in [0.15, 0.2) is 11.5 Å². The third-order valence-electron chi connectivity index (χ3n) is 5.17. The highest BCUT2D eigenvalue weighted by Gasteiger charge is 2.20. The molecule has 9 heteroatoms. The molecule has 0 bridgehead atoms. The molecule has 5 rings (SSSR count). The monoisotopic (exact) mass is 451 g/mol. The summed E-state index contributed by atoms with van der Waals surface area (Å²) in [5.41, 5.74) is 1.50. The minimum absolute atomic E-state index is 0.188. The summed E-state index contributed by atoms with van der Waals surface area (Å²) in [6, 6.07) is 11.3. The number of aryl methyl sites for hydroxylation is 1. The van der Waals surface area contributed by atoms with Crippen molar-refractivity contribution in [2.24, 2.45) is 0 Å². The van der Waals surface area contributed by atoms with Crippen LogP contribution in [0.25, 0.3) is 10.2 Å². The predicted octanol–water partition coefficient (Wildman–Crippen LogP) is 3.98. The van der Waals surface area contributed by atoms with Gasteiger partial charge in [-0.25, -0.2) is 9.37 Å². The maximum atomic E-state index is 13.5. The number of amides is 1. The van der Waals surface area contributed by atoms with E-state index in [1.54, 1.807) is 37.3 Å². The fourth-order valence-corrected chi connectivity index (χ4v) is 4.66. The zero-order valence-electron chi connectivity index (χ0n) is 17.1. The van der Waals surface area contributed by atoms with E-state index in [0.29, 0.717) is 56.6 Å². The minimum Gasteiger partial charge on any atom is -0.486 e. The molecular weight excluding hydrogens is 433 g/mol. The normalized spacial score (nSPS) is 12.7. The first-order valence-corrected chi connectivity index (χ1v) is 10.8. The first kappa shape index (κ1) is 20.2. The van der Waals surface area contributed by atoms with E-state index in [4.69, 9.17) is 9.47 Å². The number of thiophene rings is 1. The van der Waals surface area contributed by atoms with Crippen LogP contribution < -0.4 is 20.3 Å². The standard InChI is InChI=1S/C23H18FN3O4S/c1-13-19-22(25-12-27(23(19)29)11-14-3-2-4-15(24)9-14)32-20(13)21(28)26-16-5-6-17-18(10-16)31-8-7-30-17/h2-6,9-10,12H,7-8,11H2,1H3,(H,26,28). The minimum atomic E-state index is -0.366. The van der Waals surface area contributed by atoms with Crippen molar-refractivity contribution in [3.05, 3.63) is 81.0 Å². The van der Waals surface area contributed by atoms with E-state index in [0.717, 1.165) is 11.3 Å². The fourth-order valence-electron chi connectivity index (χ4n) is 3.63. The van der Waals surface area contributed by atoms with E-state index < -0.39 is 0 Å². The van der Waals surface area contributed by atoms with E-state index in [2.05, 4.69) is 10.3 Å². The zero-order valence-corrected chi connectivity index (χ0v) is 17.9. The summed E-state index contributed by atoms with van der Waals surface area (Å²) in [6.07, 6.45) is 1.42. The van der Waals surface area contributed by atoms with Crippen molar-refractivity contribution in [2.45, 2.75) is 13.5 Å². The maximum Gasteiger partial charge on any atom is 0.266 e. The SMILES string of the molecule is Cc1c(C(=O)Nc2ccc3c(c2)OCCO3)sc2ncn(Cc3cccc(F)c3)c(=O)c12. The van der Waals surface area contributed by atoms with Crippen molar-refractivity contribution in [2.75, 3.05) is 18.5 Å². The van der Waals surface area contributed by atoms with Crippen LogP contribution in [0.4, 0.5) is 10.1 Å². The van der Waals surface area contributed by atoms with Gasteiger partial charge in [-0.15, -0.1) is 11.3 Å². The number of nitrogens with one attached hydrogen (secondary N) is 1. The van der Waals surface area contributed by atoms with Crippen molar-refractivity contribution in [3.63, 3.8) is 0 Å². The number of hydrogen-bond donors (Lipinski definition) is 1. The highest BCUT2D eigenvalue weighted by Crippen LogP contribution is 2.33. The molecule has 7 nitrogen and oxygen atoms in total. The number of hydrogen-bond acceptors (Lipinski definition) is 6. The van der Waals surface area contributed by atoms with Gasteiger partial charge in [0.1, 0.15) is 23.9 Å². The number of anilines is 1. The lowest BCUT2D eigenvalue weighted by Crippen LogP contribution is -2.21. The van der Waals surface area contributed by atoms with Gasteiger partial charge >= 0.3 is 0 Å². The molecule has 162 valence electrons. The second kappa shape index (κ2) is 8.08. The fraction of sp³-hybridized carbons (Fsp3) is 0.174. The summed E-state index contributed by atoms with van der Waals surface area (Å²) in [4.78, 5) is 31.3. The molecule has 1 aliphatic heterocycles. The molecule has 2 aromatic carbocycles. The van der Waals surface area contributed by atoms with Crippen LogP contribution in [0.5, 0.6) is 11.5 Å². The van der Waals surface area contributed by atoms with Crippen molar-refractivity contribution < 1.29 is 18.7 Å². The predicted molar refractivity (Wildman–Crippen MR) is 120 cm³/mol. The quantitative estimate of drug-likeness (QED) is 0.508. The molecule has 0 saturated carbocycles. The lowest BCUT2D eigenvalue weighted by Gasteiger charge is -2.18. The van der Waals surface area contributed by atoms with Gasteiger partial charge in [0.2, 0.25) is 0 Å². The van der Waals surface area contributed by atoms with Crippen LogP contribution in [-0.4, -0.2) is 28.7 Å². The highest BCUT2D eigenvalue weighted by molar-refractivity contribution is 7.20. The summed E-state index contributed by atoms with van der Waals surface area (Å²) in [7, 11) is 0. The van der Waals surface area contributed by atoms with Crippen LogP contribution in [0.2, 0.25) is 0 Å². The molecule has 0 radical (unpaired) electrons. The Labute approximate surface area is 186 Å². The summed E-state index contributed by atoms with van der Waals surface area (Å²) in [5.74, 6) is 0.506. The average molecular weight is 451 g/mol. The second-order valence-corrected chi connectivity index (χ2v) is 8.36. The summed E-state index contributed by atoms with van der Waals surface area (Å²) >= 11 is 1.16. The number of fused-ring (bicyclic) bond motifs is 2. The number of halogens is 1. The molecule has 0 unspecified atom stereocenters. The highest BCUT2D eigenvalue weighted by atomic mass is 32.1. The molecule has 4 aromatic rings. The van der Waals surface area contributed by atoms with Crippen LogP contribution in [0.3, 0.4) is 0 Å². The van der Waals surface area contributed by atoms with Crippen LogP contribution in [0.15, 0.2) is 53.6 Å². The topological polar surface area (TPSA) is 82.4 Å². The van der Waals surface area contributed by atoms with Gasteiger partial charge in [-0.3, -0.25) is 14.2 Å². The van der Waals surface area contributed by atoms with Crippen LogP contribution in [-0.2, 0) is 6.54 Å². The molecule has 1 amide bonds. The van der Waals surface area contributed by atoms with E-state index in [9.17, 15) is 14.0 Å². The molecule has 1 N–H and O–H groups in total. The largest absolute Gasteiger partial charge is 0.486 e. The second-order valence-electron chi connectivity index (χ2n) is 7.36. The summed E-state index contributed by atoms with van der Waals surface area (Å²) in [5, 5.41) is 3.24. The van der Waals surface area contributed by atoms with Crippen LogP contribution >= 0.6 is 11.3 Å². The van der Waals surface area contributed by atoms with Gasteiger partial charge in [-0.1, -0.05) is 12.1 Å². The molecule has 0 spiro atoms. The molecule has 32 heavy (non-hydrogen) atoms. The van der Waals surface area contributed by atoms with Crippen molar-refractivity contribution >= 4 is 33.1 Å². The van der Waals surface area contributed by atoms with E-state index in [1.165, 1.54) is 23.0 Å². The Morgan fingerprint density at radius 1 is 1.19 bits per heavy atom. The number of ether oxygens (including phenoxy) is 2. The summed E-state index contributed by atoms with van der Waals surface area (Å²) < 4.78 is 26.0.